The zero-order valence-corrected chi connectivity index (χ0v) is 16.0. The van der Waals surface area contributed by atoms with E-state index < -0.39 is 0 Å². The molecule has 142 valence electrons. The van der Waals surface area contributed by atoms with Gasteiger partial charge in [0.15, 0.2) is 0 Å². The maximum absolute atomic E-state index is 8.36. The average Bonchev–Trinajstić information content (AvgIpc) is 2.60. The molecule has 3 N–H and O–H groups in total. The second kappa shape index (κ2) is 12.2. The number of nitrogens with one attached hydrogen (secondary N) is 2. The molecule has 0 aliphatic carbocycles. The summed E-state index contributed by atoms with van der Waals surface area (Å²) >= 11 is 6.00. The van der Waals surface area contributed by atoms with E-state index in [0.717, 1.165) is 30.0 Å². The highest BCUT2D eigenvalue weighted by molar-refractivity contribution is 6.30. The van der Waals surface area contributed by atoms with Gasteiger partial charge in [0.2, 0.25) is 5.95 Å². The fourth-order valence-corrected chi connectivity index (χ4v) is 2.40. The van der Waals surface area contributed by atoms with E-state index in [1.54, 1.807) is 7.11 Å². The molecule has 0 radical (unpaired) electrons. The monoisotopic (exact) mass is 380 g/mol. The number of hydrogen-bond acceptors (Lipinski definition) is 6. The van der Waals surface area contributed by atoms with Crippen LogP contribution >= 0.6 is 11.6 Å². The minimum atomic E-state index is -0.250. The Balaban J connectivity index is 0.00000105. The van der Waals surface area contributed by atoms with Crippen molar-refractivity contribution in [3.05, 3.63) is 46.7 Å². The Morgan fingerprint density at radius 2 is 2.12 bits per heavy atom. The molecule has 0 bridgehead atoms. The number of ether oxygens (including phenoxy) is 1. The first kappa shape index (κ1) is 21.8. The maximum atomic E-state index is 8.36. The van der Waals surface area contributed by atoms with Crippen molar-refractivity contribution < 1.29 is 14.6 Å². The van der Waals surface area contributed by atoms with Gasteiger partial charge < -0.3 is 20.5 Å². The van der Waals surface area contributed by atoms with Gasteiger partial charge >= 0.3 is 0 Å². The Kier molecular flexibility index (Phi) is 10.2. The molecule has 0 amide bonds. The summed E-state index contributed by atoms with van der Waals surface area (Å²) in [6, 6.07) is 7.51. The van der Waals surface area contributed by atoms with Crippen molar-refractivity contribution in [3.8, 4) is 0 Å². The summed E-state index contributed by atoms with van der Waals surface area (Å²) < 4.78 is 5.04. The van der Waals surface area contributed by atoms with Crippen molar-refractivity contribution in [1.29, 1.82) is 0 Å². The molecule has 26 heavy (non-hydrogen) atoms. The SMILES string of the molecule is COCCNCc1cnc(Nc2cccc(Cl)c2)nc1C(C)C.O=CO. The number of hydrogen-bond donors (Lipinski definition) is 3. The molecule has 0 aliphatic heterocycles. The number of nitrogens with zero attached hydrogens (tertiary/aromatic N) is 2. The van der Waals surface area contributed by atoms with Crippen LogP contribution in [0.3, 0.4) is 0 Å². The first-order valence-corrected chi connectivity index (χ1v) is 8.55. The van der Waals surface area contributed by atoms with Crippen molar-refractivity contribution in [2.24, 2.45) is 0 Å². The number of halogens is 1. The summed E-state index contributed by atoms with van der Waals surface area (Å²) in [7, 11) is 1.70. The van der Waals surface area contributed by atoms with Gasteiger partial charge in [-0.3, -0.25) is 4.79 Å². The van der Waals surface area contributed by atoms with E-state index in [1.807, 2.05) is 30.5 Å². The van der Waals surface area contributed by atoms with Crippen LogP contribution in [-0.2, 0) is 16.1 Å². The average molecular weight is 381 g/mol. The van der Waals surface area contributed by atoms with Crippen LogP contribution in [0.5, 0.6) is 0 Å². The summed E-state index contributed by atoms with van der Waals surface area (Å²) in [5, 5.41) is 14.1. The normalized spacial score (nSPS) is 10.2. The van der Waals surface area contributed by atoms with E-state index in [2.05, 4.69) is 34.4 Å². The Morgan fingerprint density at radius 3 is 2.73 bits per heavy atom. The molecule has 0 saturated heterocycles. The van der Waals surface area contributed by atoms with Crippen molar-refractivity contribution in [2.45, 2.75) is 26.3 Å². The fraction of sp³-hybridized carbons (Fsp3) is 0.389. The van der Waals surface area contributed by atoms with Crippen LogP contribution in [0.4, 0.5) is 11.6 Å². The molecule has 1 heterocycles. The number of carbonyl (C=O) groups is 1. The van der Waals surface area contributed by atoms with Crippen LogP contribution in [-0.4, -0.2) is 41.8 Å². The predicted octanol–water partition coefficient (Wildman–Crippen LogP) is 3.43. The Hall–Kier alpha value is -2.22. The van der Waals surface area contributed by atoms with E-state index >= 15 is 0 Å². The van der Waals surface area contributed by atoms with Gasteiger partial charge in [-0.25, -0.2) is 9.97 Å². The zero-order chi connectivity index (χ0) is 19.4. The number of methoxy groups -OCH3 is 1. The van der Waals surface area contributed by atoms with Crippen molar-refractivity contribution in [2.75, 3.05) is 25.6 Å². The van der Waals surface area contributed by atoms with Gasteiger partial charge in [-0.05, 0) is 24.1 Å². The van der Waals surface area contributed by atoms with E-state index in [9.17, 15) is 0 Å². The highest BCUT2D eigenvalue weighted by Gasteiger charge is 2.11. The molecule has 1 aromatic carbocycles. The number of aromatic nitrogens is 2. The minimum absolute atomic E-state index is 0.250. The summed E-state index contributed by atoms with van der Waals surface area (Å²) in [5.74, 6) is 0.897. The molecule has 0 aliphatic rings. The Bertz CT molecular complexity index is 683. The van der Waals surface area contributed by atoms with Crippen LogP contribution in [0, 0.1) is 0 Å². The summed E-state index contributed by atoms with van der Waals surface area (Å²) in [4.78, 5) is 17.4. The van der Waals surface area contributed by atoms with Crippen LogP contribution in [0.25, 0.3) is 0 Å². The molecule has 0 spiro atoms. The van der Waals surface area contributed by atoms with E-state index in [-0.39, 0.29) is 6.47 Å². The molecule has 0 fully saturated rings. The molecule has 2 aromatic rings. The molecule has 7 nitrogen and oxygen atoms in total. The Morgan fingerprint density at radius 1 is 1.38 bits per heavy atom. The minimum Gasteiger partial charge on any atom is -0.483 e. The van der Waals surface area contributed by atoms with Crippen LogP contribution in [0.2, 0.25) is 5.02 Å². The quantitative estimate of drug-likeness (QED) is 0.476. The third-order valence-corrected chi connectivity index (χ3v) is 3.56. The number of anilines is 2. The van der Waals surface area contributed by atoms with Crippen molar-refractivity contribution >= 4 is 29.7 Å². The van der Waals surface area contributed by atoms with E-state index in [4.69, 9.17) is 26.2 Å². The lowest BCUT2D eigenvalue weighted by atomic mass is 10.1. The second-order valence-electron chi connectivity index (χ2n) is 5.67. The van der Waals surface area contributed by atoms with Gasteiger partial charge in [0.25, 0.3) is 6.47 Å². The summed E-state index contributed by atoms with van der Waals surface area (Å²) in [6.07, 6.45) is 1.87. The molecule has 2 rings (SSSR count). The molecular weight excluding hydrogens is 356 g/mol. The van der Waals surface area contributed by atoms with E-state index in [0.29, 0.717) is 23.5 Å². The van der Waals surface area contributed by atoms with E-state index in [1.165, 1.54) is 0 Å². The topological polar surface area (TPSA) is 96.4 Å². The Labute approximate surface area is 158 Å². The number of rotatable bonds is 8. The lowest BCUT2D eigenvalue weighted by Crippen LogP contribution is -2.20. The molecule has 0 atom stereocenters. The van der Waals surface area contributed by atoms with Crippen molar-refractivity contribution in [1.82, 2.24) is 15.3 Å². The lowest BCUT2D eigenvalue weighted by Gasteiger charge is -2.14. The first-order chi connectivity index (χ1) is 12.5. The lowest BCUT2D eigenvalue weighted by molar-refractivity contribution is -0.122. The number of benzene rings is 1. The smallest absolute Gasteiger partial charge is 0.290 e. The van der Waals surface area contributed by atoms with Gasteiger partial charge in [0, 0.05) is 42.7 Å². The molecule has 8 heteroatoms. The zero-order valence-electron chi connectivity index (χ0n) is 15.2. The van der Waals surface area contributed by atoms with Crippen LogP contribution in [0.1, 0.15) is 31.0 Å². The molecule has 0 saturated carbocycles. The summed E-state index contributed by atoms with van der Waals surface area (Å²) in [6.45, 7) is 6.23. The second-order valence-corrected chi connectivity index (χ2v) is 6.11. The van der Waals surface area contributed by atoms with Gasteiger partial charge in [-0.15, -0.1) is 0 Å². The first-order valence-electron chi connectivity index (χ1n) is 8.17. The van der Waals surface area contributed by atoms with Gasteiger partial charge in [-0.1, -0.05) is 31.5 Å². The predicted molar refractivity (Wildman–Crippen MR) is 103 cm³/mol. The molecule has 1 aromatic heterocycles. The molecular formula is C18H25ClN4O3. The third kappa shape index (κ3) is 7.77. The van der Waals surface area contributed by atoms with Crippen LogP contribution < -0.4 is 10.6 Å². The standard InChI is InChI=1S/C17H23ClN4O.CH2O2/c1-12(2)16-13(10-19-7-8-23-3)11-20-17(22-16)21-15-6-4-5-14(18)9-15;2-1-3/h4-6,9,11-12,19H,7-8,10H2,1-3H3,(H,20,21,22);1H,(H,2,3). The third-order valence-electron chi connectivity index (χ3n) is 3.32. The van der Waals surface area contributed by atoms with Gasteiger partial charge in [0.05, 0.1) is 12.3 Å². The number of carboxylic acid groups (broad SMARTS) is 1. The highest BCUT2D eigenvalue weighted by atomic mass is 35.5. The van der Waals surface area contributed by atoms with Crippen LogP contribution in [0.15, 0.2) is 30.5 Å². The summed E-state index contributed by atoms with van der Waals surface area (Å²) in [5.41, 5.74) is 3.01. The molecule has 0 unspecified atom stereocenters. The van der Waals surface area contributed by atoms with Gasteiger partial charge in [0.1, 0.15) is 0 Å². The van der Waals surface area contributed by atoms with Crippen molar-refractivity contribution in [3.63, 3.8) is 0 Å². The van der Waals surface area contributed by atoms with Gasteiger partial charge in [-0.2, -0.15) is 0 Å². The maximum Gasteiger partial charge on any atom is 0.290 e. The highest BCUT2D eigenvalue weighted by Crippen LogP contribution is 2.21. The fourth-order valence-electron chi connectivity index (χ4n) is 2.21. The largest absolute Gasteiger partial charge is 0.483 e.